The van der Waals surface area contributed by atoms with Crippen molar-refractivity contribution in [2.45, 2.75) is 19.6 Å². The number of rotatable bonds is 4. The molecule has 0 bridgehead atoms. The Bertz CT molecular complexity index is 413. The molecule has 0 saturated carbocycles. The number of esters is 1. The maximum absolute atomic E-state index is 11.5. The maximum atomic E-state index is 11.5. The van der Waals surface area contributed by atoms with E-state index in [0.717, 1.165) is 0 Å². The molecule has 1 rings (SSSR count). The molecule has 7 heteroatoms. The maximum Gasteiger partial charge on any atom is 0.328 e. The van der Waals surface area contributed by atoms with E-state index in [-0.39, 0.29) is 12.5 Å². The van der Waals surface area contributed by atoms with Crippen molar-refractivity contribution in [3.63, 3.8) is 0 Å². The molecule has 0 aliphatic carbocycles. The number of anilines is 1. The summed E-state index contributed by atoms with van der Waals surface area (Å²) < 4.78 is 6.31. The lowest BCUT2D eigenvalue weighted by Gasteiger charge is -2.17. The molecule has 0 aromatic carbocycles. The van der Waals surface area contributed by atoms with E-state index in [1.807, 2.05) is 0 Å². The van der Waals surface area contributed by atoms with Crippen molar-refractivity contribution in [3.8, 4) is 0 Å². The van der Waals surface area contributed by atoms with Gasteiger partial charge in [-0.15, -0.1) is 0 Å². The number of carbonyl (C=O) groups excluding carboxylic acids is 2. The van der Waals surface area contributed by atoms with Gasteiger partial charge in [0.15, 0.2) is 6.10 Å². The van der Waals surface area contributed by atoms with E-state index in [1.54, 1.807) is 14.1 Å². The lowest BCUT2D eigenvalue weighted by atomic mass is 10.3. The number of hydrogen-bond donors (Lipinski definition) is 1. The second-order valence-electron chi connectivity index (χ2n) is 3.84. The summed E-state index contributed by atoms with van der Waals surface area (Å²) in [5, 5.41) is 3.84. The predicted octanol–water partition coefficient (Wildman–Crippen LogP) is -0.515. The summed E-state index contributed by atoms with van der Waals surface area (Å²) in [6.45, 7) is 1.46. The summed E-state index contributed by atoms with van der Waals surface area (Å²) in [7, 11) is 3.20. The van der Waals surface area contributed by atoms with Crippen molar-refractivity contribution in [1.29, 1.82) is 0 Å². The SMILES string of the molecule is CC(OC(=O)Cn1cc(N)cn1)C(=O)N(C)C. The number of amides is 1. The molecule has 2 N–H and O–H groups in total. The molecular formula is C10H16N4O3. The summed E-state index contributed by atoms with van der Waals surface area (Å²) in [6, 6.07) is 0. The van der Waals surface area contributed by atoms with Gasteiger partial charge in [0.2, 0.25) is 0 Å². The molecule has 0 aliphatic rings. The molecular weight excluding hydrogens is 224 g/mol. The normalized spacial score (nSPS) is 11.9. The van der Waals surface area contributed by atoms with Gasteiger partial charge >= 0.3 is 5.97 Å². The minimum Gasteiger partial charge on any atom is -0.451 e. The van der Waals surface area contributed by atoms with Crippen LogP contribution in [0.5, 0.6) is 0 Å². The van der Waals surface area contributed by atoms with Crippen LogP contribution >= 0.6 is 0 Å². The van der Waals surface area contributed by atoms with Crippen LogP contribution in [0.1, 0.15) is 6.92 Å². The first-order valence-electron chi connectivity index (χ1n) is 5.08. The van der Waals surface area contributed by atoms with Gasteiger partial charge in [-0.2, -0.15) is 5.10 Å². The highest BCUT2D eigenvalue weighted by atomic mass is 16.5. The number of nitrogens with zero attached hydrogens (tertiary/aromatic N) is 3. The molecule has 0 spiro atoms. The molecule has 17 heavy (non-hydrogen) atoms. The summed E-state index contributed by atoms with van der Waals surface area (Å²) in [5.74, 6) is -0.797. The second kappa shape index (κ2) is 5.33. The highest BCUT2D eigenvalue weighted by molar-refractivity contribution is 5.83. The molecule has 1 amide bonds. The van der Waals surface area contributed by atoms with Gasteiger partial charge in [-0.3, -0.25) is 14.3 Å². The molecule has 7 nitrogen and oxygen atoms in total. The largest absolute Gasteiger partial charge is 0.451 e. The number of ether oxygens (including phenoxy) is 1. The highest BCUT2D eigenvalue weighted by Gasteiger charge is 2.19. The molecule has 1 atom stereocenters. The molecule has 0 radical (unpaired) electrons. The number of nitrogens with two attached hydrogens (primary N) is 1. The zero-order chi connectivity index (χ0) is 13.0. The van der Waals surface area contributed by atoms with E-state index in [1.165, 1.54) is 28.9 Å². The third-order valence-electron chi connectivity index (χ3n) is 2.04. The van der Waals surface area contributed by atoms with Gasteiger partial charge in [0.05, 0.1) is 11.9 Å². The van der Waals surface area contributed by atoms with Crippen LogP contribution < -0.4 is 5.73 Å². The van der Waals surface area contributed by atoms with E-state index in [4.69, 9.17) is 10.5 Å². The van der Waals surface area contributed by atoms with Gasteiger partial charge in [-0.25, -0.2) is 0 Å². The zero-order valence-electron chi connectivity index (χ0n) is 10.1. The van der Waals surface area contributed by atoms with Crippen LogP contribution in [-0.4, -0.2) is 46.8 Å². The van der Waals surface area contributed by atoms with Gasteiger partial charge in [-0.1, -0.05) is 0 Å². The lowest BCUT2D eigenvalue weighted by molar-refractivity contribution is -0.158. The van der Waals surface area contributed by atoms with Gasteiger partial charge in [0.1, 0.15) is 6.54 Å². The molecule has 1 aromatic heterocycles. The summed E-state index contributed by atoms with van der Waals surface area (Å²) in [6.07, 6.45) is 2.15. The van der Waals surface area contributed by atoms with E-state index in [9.17, 15) is 9.59 Å². The van der Waals surface area contributed by atoms with Crippen LogP contribution in [0.4, 0.5) is 5.69 Å². The van der Waals surface area contributed by atoms with Crippen LogP contribution in [0.2, 0.25) is 0 Å². The van der Waals surface area contributed by atoms with Crippen molar-refractivity contribution in [2.75, 3.05) is 19.8 Å². The van der Waals surface area contributed by atoms with Crippen molar-refractivity contribution in [3.05, 3.63) is 12.4 Å². The Morgan fingerprint density at radius 1 is 1.59 bits per heavy atom. The third-order valence-corrected chi connectivity index (χ3v) is 2.04. The summed E-state index contributed by atoms with van der Waals surface area (Å²) >= 11 is 0. The molecule has 1 unspecified atom stereocenters. The topological polar surface area (TPSA) is 90.5 Å². The second-order valence-corrected chi connectivity index (χ2v) is 3.84. The highest BCUT2D eigenvalue weighted by Crippen LogP contribution is 2.00. The van der Waals surface area contributed by atoms with Gasteiger partial charge < -0.3 is 15.4 Å². The number of hydrogen-bond acceptors (Lipinski definition) is 5. The Morgan fingerprint density at radius 2 is 2.24 bits per heavy atom. The molecule has 1 aromatic rings. The van der Waals surface area contributed by atoms with Gasteiger partial charge in [0.25, 0.3) is 5.91 Å². The lowest BCUT2D eigenvalue weighted by Crippen LogP contribution is -2.35. The average molecular weight is 240 g/mol. The zero-order valence-corrected chi connectivity index (χ0v) is 10.1. The van der Waals surface area contributed by atoms with Crippen molar-refractivity contribution >= 4 is 17.6 Å². The van der Waals surface area contributed by atoms with Crippen LogP contribution in [0.15, 0.2) is 12.4 Å². The van der Waals surface area contributed by atoms with E-state index < -0.39 is 12.1 Å². The van der Waals surface area contributed by atoms with Crippen LogP contribution in [0, 0.1) is 0 Å². The standard InChI is InChI=1S/C10H16N4O3/c1-7(10(16)13(2)3)17-9(15)6-14-5-8(11)4-12-14/h4-5,7H,6,11H2,1-3H3. The van der Waals surface area contributed by atoms with Crippen molar-refractivity contribution in [2.24, 2.45) is 0 Å². The Morgan fingerprint density at radius 3 is 2.71 bits per heavy atom. The first kappa shape index (κ1) is 13.0. The number of likely N-dealkylation sites (N-methyl/N-ethyl adjacent to an activating group) is 1. The van der Waals surface area contributed by atoms with E-state index >= 15 is 0 Å². The fraction of sp³-hybridized carbons (Fsp3) is 0.500. The third kappa shape index (κ3) is 3.78. The summed E-state index contributed by atoms with van der Waals surface area (Å²) in [4.78, 5) is 24.3. The fourth-order valence-electron chi connectivity index (χ4n) is 1.25. The minimum atomic E-state index is -0.801. The predicted molar refractivity (Wildman–Crippen MR) is 60.9 cm³/mol. The molecule has 0 aliphatic heterocycles. The smallest absolute Gasteiger partial charge is 0.328 e. The minimum absolute atomic E-state index is 0.0672. The van der Waals surface area contributed by atoms with E-state index in [0.29, 0.717) is 5.69 Å². The van der Waals surface area contributed by atoms with Crippen molar-refractivity contribution in [1.82, 2.24) is 14.7 Å². The molecule has 1 heterocycles. The van der Waals surface area contributed by atoms with Gasteiger partial charge in [-0.05, 0) is 6.92 Å². The monoisotopic (exact) mass is 240 g/mol. The Hall–Kier alpha value is -2.05. The average Bonchev–Trinajstić information content (AvgIpc) is 2.62. The summed E-state index contributed by atoms with van der Waals surface area (Å²) in [5.41, 5.74) is 5.92. The Labute approximate surface area is 99.1 Å². The Kier molecular flexibility index (Phi) is 4.08. The van der Waals surface area contributed by atoms with E-state index in [2.05, 4.69) is 5.10 Å². The molecule has 0 saturated heterocycles. The quantitative estimate of drug-likeness (QED) is 0.715. The Balaban J connectivity index is 2.47. The fourth-order valence-corrected chi connectivity index (χ4v) is 1.25. The first-order chi connectivity index (χ1) is 7.90. The number of aromatic nitrogens is 2. The molecule has 94 valence electrons. The number of carbonyl (C=O) groups is 2. The van der Waals surface area contributed by atoms with Crippen LogP contribution in [-0.2, 0) is 20.9 Å². The van der Waals surface area contributed by atoms with Gasteiger partial charge in [0, 0.05) is 20.3 Å². The number of nitrogen functional groups attached to an aromatic ring is 1. The molecule has 0 fully saturated rings. The van der Waals surface area contributed by atoms with Crippen LogP contribution in [0.25, 0.3) is 0 Å². The van der Waals surface area contributed by atoms with Crippen LogP contribution in [0.3, 0.4) is 0 Å². The van der Waals surface area contributed by atoms with Crippen molar-refractivity contribution < 1.29 is 14.3 Å². The first-order valence-corrected chi connectivity index (χ1v) is 5.08.